The van der Waals surface area contributed by atoms with Crippen molar-refractivity contribution in [1.82, 2.24) is 20.1 Å². The number of carbonyl (C=O) groups excluding carboxylic acids is 5. The number of rotatable bonds is 10. The zero-order valence-corrected chi connectivity index (χ0v) is 26.4. The number of hydrogen-bond donors (Lipinski definition) is 4. The molecule has 2 aromatic heterocycles. The lowest BCUT2D eigenvalue weighted by molar-refractivity contribution is -0.684. The first kappa shape index (κ1) is 31.7. The number of carboxylic acid groups (broad SMARTS) is 1. The Balaban J connectivity index is 1.06. The number of nitrogens with zero attached hydrogens (tertiary/aromatic N) is 4. The Morgan fingerprint density at radius 1 is 1.13 bits per heavy atom. The molecule has 0 radical (unpaired) electrons. The predicted octanol–water partition coefficient (Wildman–Crippen LogP) is -0.338. The van der Waals surface area contributed by atoms with Crippen LogP contribution in [0.15, 0.2) is 77.1 Å². The number of pyridine rings is 1. The van der Waals surface area contributed by atoms with Gasteiger partial charge < -0.3 is 36.3 Å². The molecule has 3 aliphatic rings. The van der Waals surface area contributed by atoms with Crippen molar-refractivity contribution in [2.45, 2.75) is 37.3 Å². The normalized spacial score (nSPS) is 19.9. The van der Waals surface area contributed by atoms with Gasteiger partial charge in [0.15, 0.2) is 17.5 Å². The van der Waals surface area contributed by atoms with Crippen LogP contribution in [0.3, 0.4) is 0 Å². The summed E-state index contributed by atoms with van der Waals surface area (Å²) in [6.45, 7) is 0.819. The van der Waals surface area contributed by atoms with Gasteiger partial charge in [0, 0.05) is 47.6 Å². The number of carbonyl (C=O) groups is 5. The molecule has 16 heteroatoms. The number of aromatic nitrogens is 2. The fraction of sp³-hybridized carbons (Fsp3) is 0.258. The van der Waals surface area contributed by atoms with Crippen LogP contribution in [0.4, 0.5) is 10.8 Å². The lowest BCUT2D eigenvalue weighted by Gasteiger charge is -2.50. The first-order chi connectivity index (χ1) is 22.5. The molecular formula is C31H29N7O7S2. The summed E-state index contributed by atoms with van der Waals surface area (Å²) in [7, 11) is 0. The van der Waals surface area contributed by atoms with Gasteiger partial charge in [0.2, 0.25) is 18.4 Å². The summed E-state index contributed by atoms with van der Waals surface area (Å²) in [5.41, 5.74) is 7.93. The number of hydrogen-bond acceptors (Lipinski definition) is 11. The Kier molecular flexibility index (Phi) is 8.95. The standard InChI is InChI=1S/C31H29N7O7S2/c32-31-34-21(16-47-31)12-23(40)35-25-28(43)38-26(30(44)45)19(15-46-29(25)38)11-18-7-10-37(27(18)42)13-17-5-8-36(9-6-17)14-24(41)33-20-1-3-22(39)4-2-20/h1-6,8-9,11,16,25,29H,7,10,12-15H2,(H5-,32,33,34,35,39,40,41,44,45)/t25-,29-/m1/s1. The van der Waals surface area contributed by atoms with Crippen LogP contribution in [0, 0.1) is 0 Å². The van der Waals surface area contributed by atoms with Crippen molar-refractivity contribution < 1.29 is 38.8 Å². The van der Waals surface area contributed by atoms with Gasteiger partial charge >= 0.3 is 0 Å². The largest absolute Gasteiger partial charge is 0.543 e. The number of phenols is 1. The van der Waals surface area contributed by atoms with Gasteiger partial charge in [-0.25, -0.2) is 4.98 Å². The third-order valence-corrected chi connectivity index (χ3v) is 9.82. The van der Waals surface area contributed by atoms with E-state index in [0.29, 0.717) is 47.2 Å². The number of amides is 4. The molecule has 0 unspecified atom stereocenters. The molecule has 3 aliphatic heterocycles. The van der Waals surface area contributed by atoms with E-state index in [1.807, 2.05) is 12.1 Å². The third-order valence-electron chi connectivity index (χ3n) is 7.79. The fourth-order valence-corrected chi connectivity index (χ4v) is 7.40. The molecule has 2 fully saturated rings. The van der Waals surface area contributed by atoms with Crippen molar-refractivity contribution in [3.05, 3.63) is 88.3 Å². The molecule has 5 heterocycles. The topological polar surface area (TPSA) is 202 Å². The molecule has 14 nitrogen and oxygen atoms in total. The quantitative estimate of drug-likeness (QED) is 0.0954. The van der Waals surface area contributed by atoms with Gasteiger partial charge in [0.1, 0.15) is 17.2 Å². The van der Waals surface area contributed by atoms with Crippen molar-refractivity contribution >= 4 is 63.5 Å². The first-order valence-corrected chi connectivity index (χ1v) is 16.4. The van der Waals surface area contributed by atoms with E-state index >= 15 is 0 Å². The van der Waals surface area contributed by atoms with Crippen LogP contribution in [0.25, 0.3) is 0 Å². The second-order valence-electron chi connectivity index (χ2n) is 11.1. The Labute approximate surface area is 276 Å². The summed E-state index contributed by atoms with van der Waals surface area (Å²) >= 11 is 2.50. The van der Waals surface area contributed by atoms with Crippen LogP contribution in [-0.2, 0) is 43.5 Å². The molecule has 242 valence electrons. The number of thiazole rings is 1. The summed E-state index contributed by atoms with van der Waals surface area (Å²) in [5, 5.41) is 28.4. The van der Waals surface area contributed by atoms with Gasteiger partial charge in [0.25, 0.3) is 11.8 Å². The molecule has 47 heavy (non-hydrogen) atoms. The number of phenolic OH excluding ortho intramolecular Hbond substituents is 1. The predicted molar refractivity (Wildman–Crippen MR) is 169 cm³/mol. The van der Waals surface area contributed by atoms with Crippen LogP contribution in [0.2, 0.25) is 0 Å². The number of aromatic hydroxyl groups is 1. The van der Waals surface area contributed by atoms with Crippen molar-refractivity contribution in [1.29, 1.82) is 0 Å². The molecule has 2 saturated heterocycles. The molecule has 6 rings (SSSR count). The number of anilines is 2. The van der Waals surface area contributed by atoms with E-state index in [9.17, 15) is 34.2 Å². The van der Waals surface area contributed by atoms with Crippen molar-refractivity contribution in [2.75, 3.05) is 23.3 Å². The number of nitrogens with two attached hydrogens (primary N) is 1. The number of fused-ring (bicyclic) bond motifs is 1. The zero-order chi connectivity index (χ0) is 33.2. The number of β-lactam (4-membered cyclic amide) rings is 1. The monoisotopic (exact) mass is 675 g/mol. The Bertz CT molecular complexity index is 1820. The molecule has 0 bridgehead atoms. The average Bonchev–Trinajstić information content (AvgIpc) is 3.61. The molecule has 1 aromatic carbocycles. The molecule has 0 aliphatic carbocycles. The highest BCUT2D eigenvalue weighted by atomic mass is 32.2. The maximum Gasteiger partial charge on any atom is 0.290 e. The van der Waals surface area contributed by atoms with Gasteiger partial charge in [-0.1, -0.05) is 0 Å². The third kappa shape index (κ3) is 6.97. The maximum absolute atomic E-state index is 13.3. The van der Waals surface area contributed by atoms with E-state index in [0.717, 1.165) is 10.5 Å². The molecular weight excluding hydrogens is 647 g/mol. The van der Waals surface area contributed by atoms with E-state index in [1.54, 1.807) is 39.4 Å². The van der Waals surface area contributed by atoms with Crippen LogP contribution in [0.5, 0.6) is 5.75 Å². The van der Waals surface area contributed by atoms with Crippen LogP contribution < -0.4 is 26.0 Å². The lowest BCUT2D eigenvalue weighted by atomic mass is 10.0. The summed E-state index contributed by atoms with van der Waals surface area (Å²) in [4.78, 5) is 70.1. The highest BCUT2D eigenvalue weighted by molar-refractivity contribution is 8.00. The second kappa shape index (κ2) is 13.3. The smallest absolute Gasteiger partial charge is 0.290 e. The molecule has 5 N–H and O–H groups in total. The number of nitrogens with one attached hydrogen (secondary N) is 2. The van der Waals surface area contributed by atoms with Crippen LogP contribution in [0.1, 0.15) is 17.7 Å². The van der Waals surface area contributed by atoms with Crippen LogP contribution >= 0.6 is 23.1 Å². The molecule has 4 amide bonds. The number of aliphatic carboxylic acids is 1. The molecule has 0 spiro atoms. The van der Waals surface area contributed by atoms with Gasteiger partial charge in [-0.15, -0.1) is 23.1 Å². The highest BCUT2D eigenvalue weighted by Gasteiger charge is 2.52. The summed E-state index contributed by atoms with van der Waals surface area (Å²) in [6, 6.07) is 8.90. The van der Waals surface area contributed by atoms with Gasteiger partial charge in [-0.3, -0.25) is 24.1 Å². The highest BCUT2D eigenvalue weighted by Crippen LogP contribution is 2.41. The Morgan fingerprint density at radius 3 is 2.55 bits per heavy atom. The minimum Gasteiger partial charge on any atom is -0.543 e. The SMILES string of the molecule is Nc1nc(CC(=O)N[C@@H]2C(=O)N3C(C(=O)[O-])=C(C=C4CCN(Cc5cc[n+](CC(=O)Nc6ccc(O)cc6)cc5)C4=O)CS[C@H]23)cs1. The second-order valence-corrected chi connectivity index (χ2v) is 13.1. The average molecular weight is 676 g/mol. The van der Waals surface area contributed by atoms with Gasteiger partial charge in [-0.2, -0.15) is 4.57 Å². The van der Waals surface area contributed by atoms with Crippen LogP contribution in [-0.4, -0.2) is 73.2 Å². The maximum atomic E-state index is 13.3. The van der Waals surface area contributed by atoms with Gasteiger partial charge in [-0.05, 0) is 47.9 Å². The lowest BCUT2D eigenvalue weighted by Crippen LogP contribution is -2.71. The number of carboxylic acids is 1. The van der Waals surface area contributed by atoms with E-state index in [4.69, 9.17) is 5.73 Å². The van der Waals surface area contributed by atoms with Crippen molar-refractivity contribution in [2.24, 2.45) is 0 Å². The fourth-order valence-electron chi connectivity index (χ4n) is 5.53. The molecule has 3 aromatic rings. The molecule has 0 saturated carbocycles. The summed E-state index contributed by atoms with van der Waals surface area (Å²) in [6.07, 6.45) is 5.36. The number of nitrogen functional groups attached to an aromatic ring is 1. The number of thioether (sulfide) groups is 1. The Morgan fingerprint density at radius 2 is 1.87 bits per heavy atom. The minimum atomic E-state index is -1.53. The molecule has 2 atom stereocenters. The summed E-state index contributed by atoms with van der Waals surface area (Å²) < 4.78 is 1.70. The number of allylic oxidation sites excluding steroid dienone is 1. The van der Waals surface area contributed by atoms with E-state index < -0.39 is 29.2 Å². The number of likely N-dealkylation sites (tertiary alicyclic amines) is 1. The van der Waals surface area contributed by atoms with Gasteiger partial charge in [0.05, 0.1) is 23.8 Å². The summed E-state index contributed by atoms with van der Waals surface area (Å²) in [5.74, 6) is -2.70. The van der Waals surface area contributed by atoms with Crippen molar-refractivity contribution in [3.8, 4) is 5.75 Å². The minimum absolute atomic E-state index is 0.0593. The van der Waals surface area contributed by atoms with Crippen molar-refractivity contribution in [3.63, 3.8) is 0 Å². The Hall–Kier alpha value is -5.22. The zero-order valence-electron chi connectivity index (χ0n) is 24.8. The van der Waals surface area contributed by atoms with E-state index in [1.165, 1.54) is 41.3 Å². The van der Waals surface area contributed by atoms with E-state index in [-0.39, 0.29) is 42.0 Å². The van der Waals surface area contributed by atoms with E-state index in [2.05, 4.69) is 15.6 Å². The first-order valence-electron chi connectivity index (χ1n) is 14.5. The number of benzene rings is 1.